The molecular weight excluding hydrogens is 314 g/mol. The van der Waals surface area contributed by atoms with Crippen LogP contribution in [-0.2, 0) is 0 Å². The first kappa shape index (κ1) is 17.9. The fourth-order valence-electron chi connectivity index (χ4n) is 5.59. The Morgan fingerprint density at radius 3 is 2.22 bits per heavy atom. The molecule has 0 aromatic heterocycles. The van der Waals surface area contributed by atoms with Crippen LogP contribution in [0.3, 0.4) is 0 Å². The molecule has 3 atom stereocenters. The molecule has 0 spiro atoms. The molecule has 0 nitrogen and oxygen atoms in total. The van der Waals surface area contributed by atoms with Crippen molar-refractivity contribution in [3.63, 3.8) is 0 Å². The second kappa shape index (κ2) is 7.54. The molecule has 0 amide bonds. The number of benzene rings is 1. The van der Waals surface area contributed by atoms with Gasteiger partial charge in [0.2, 0.25) is 0 Å². The van der Waals surface area contributed by atoms with Crippen LogP contribution >= 0.6 is 15.2 Å². The third-order valence-electron chi connectivity index (χ3n) is 7.00. The SMILES string of the molecule is CC[C@@H]1CC[C@@H](CC)P1c1ccccc1[PH]1(C)CCC[C@H]1CC. The Balaban J connectivity index is 2.04. The van der Waals surface area contributed by atoms with Gasteiger partial charge >= 0.3 is 146 Å². The van der Waals surface area contributed by atoms with Crippen molar-refractivity contribution in [3.8, 4) is 0 Å². The van der Waals surface area contributed by atoms with E-state index in [0.717, 1.165) is 17.0 Å². The van der Waals surface area contributed by atoms with Crippen molar-refractivity contribution in [3.05, 3.63) is 24.3 Å². The summed E-state index contributed by atoms with van der Waals surface area (Å²) in [6.45, 7) is 10.0. The summed E-state index contributed by atoms with van der Waals surface area (Å²) in [6, 6.07) is 9.80. The molecule has 2 heterocycles. The van der Waals surface area contributed by atoms with Crippen LogP contribution in [0, 0.1) is 0 Å². The van der Waals surface area contributed by atoms with Crippen LogP contribution < -0.4 is 10.6 Å². The van der Waals surface area contributed by atoms with E-state index in [9.17, 15) is 0 Å². The fraction of sp³-hybridized carbons (Fsp3) is 0.714. The average molecular weight is 350 g/mol. The Morgan fingerprint density at radius 2 is 1.61 bits per heavy atom. The monoisotopic (exact) mass is 350 g/mol. The fourth-order valence-corrected chi connectivity index (χ4v) is 15.3. The predicted molar refractivity (Wildman–Crippen MR) is 112 cm³/mol. The molecule has 0 bridgehead atoms. The summed E-state index contributed by atoms with van der Waals surface area (Å²) in [5, 5.41) is 3.74. The predicted octanol–water partition coefficient (Wildman–Crippen LogP) is 5.72. The Morgan fingerprint density at radius 1 is 0.957 bits per heavy atom. The molecule has 2 aliphatic rings. The van der Waals surface area contributed by atoms with Crippen LogP contribution in [0.5, 0.6) is 0 Å². The van der Waals surface area contributed by atoms with E-state index in [1.165, 1.54) is 44.9 Å². The summed E-state index contributed by atoms with van der Waals surface area (Å²) in [7, 11) is -1.20. The first-order valence-electron chi connectivity index (χ1n) is 10.0. The molecule has 3 rings (SSSR count). The van der Waals surface area contributed by atoms with Gasteiger partial charge in [-0.15, -0.1) is 0 Å². The Labute approximate surface area is 145 Å². The van der Waals surface area contributed by atoms with Crippen molar-refractivity contribution in [2.45, 2.75) is 82.7 Å². The first-order valence-corrected chi connectivity index (χ1v) is 14.3. The molecule has 2 aliphatic heterocycles. The van der Waals surface area contributed by atoms with E-state index in [0.29, 0.717) is 0 Å². The average Bonchev–Trinajstić information content (AvgIpc) is 3.18. The molecule has 0 N–H and O–H groups in total. The summed E-state index contributed by atoms with van der Waals surface area (Å²) >= 11 is 0. The molecule has 1 aromatic carbocycles. The number of rotatable bonds is 5. The Kier molecular flexibility index (Phi) is 5.86. The van der Waals surface area contributed by atoms with Gasteiger partial charge in [-0.2, -0.15) is 0 Å². The standard InChI is InChI=1S/C21H36P2/c1-5-17-14-15-18(6-2)22(17)20-12-8-9-13-21(20)23(4)16-10-11-19(23)7-3/h8-9,12-13,17-19,23H,5-7,10-11,14-16H2,1-4H3/t17-,18-,19-/m1/s1. The van der Waals surface area contributed by atoms with Gasteiger partial charge < -0.3 is 0 Å². The van der Waals surface area contributed by atoms with Crippen molar-refractivity contribution >= 4 is 25.8 Å². The normalized spacial score (nSPS) is 32.3. The van der Waals surface area contributed by atoms with E-state index < -0.39 is 7.26 Å². The Hall–Kier alpha value is 0.0800. The van der Waals surface area contributed by atoms with Crippen molar-refractivity contribution in [2.24, 2.45) is 0 Å². The maximum atomic E-state index is 2.72. The Bertz CT molecular complexity index is 514. The molecule has 2 fully saturated rings. The van der Waals surface area contributed by atoms with Crippen LogP contribution in [0.4, 0.5) is 0 Å². The van der Waals surface area contributed by atoms with Crippen molar-refractivity contribution in [1.29, 1.82) is 0 Å². The zero-order chi connectivity index (χ0) is 16.4. The molecule has 0 saturated carbocycles. The van der Waals surface area contributed by atoms with Gasteiger partial charge in [-0.25, -0.2) is 0 Å². The van der Waals surface area contributed by atoms with Crippen LogP contribution in [-0.4, -0.2) is 29.8 Å². The third-order valence-corrected chi connectivity index (χ3v) is 16.5. The van der Waals surface area contributed by atoms with Crippen LogP contribution in [0.15, 0.2) is 24.3 Å². The summed E-state index contributed by atoms with van der Waals surface area (Å²) in [6.07, 6.45) is 11.7. The minimum absolute atomic E-state index is 0.0746. The van der Waals surface area contributed by atoms with Gasteiger partial charge in [-0.3, -0.25) is 0 Å². The van der Waals surface area contributed by atoms with E-state index in [1.54, 1.807) is 6.16 Å². The van der Waals surface area contributed by atoms with Crippen LogP contribution in [0.25, 0.3) is 0 Å². The van der Waals surface area contributed by atoms with Crippen molar-refractivity contribution in [2.75, 3.05) is 12.8 Å². The van der Waals surface area contributed by atoms with Gasteiger partial charge in [0.25, 0.3) is 0 Å². The second-order valence-corrected chi connectivity index (χ2v) is 15.5. The first-order chi connectivity index (χ1) is 11.2. The molecule has 0 radical (unpaired) electrons. The van der Waals surface area contributed by atoms with Gasteiger partial charge in [0.15, 0.2) is 0 Å². The van der Waals surface area contributed by atoms with E-state index in [1.807, 2.05) is 10.6 Å². The van der Waals surface area contributed by atoms with Crippen molar-refractivity contribution < 1.29 is 0 Å². The van der Waals surface area contributed by atoms with Gasteiger partial charge in [0.1, 0.15) is 0 Å². The third kappa shape index (κ3) is 3.16. The summed E-state index contributed by atoms with van der Waals surface area (Å²) < 4.78 is 0. The van der Waals surface area contributed by atoms with Gasteiger partial charge in [-0.1, -0.05) is 0 Å². The molecule has 130 valence electrons. The zero-order valence-corrected chi connectivity index (χ0v) is 17.5. The minimum atomic E-state index is -1.27. The van der Waals surface area contributed by atoms with Crippen LogP contribution in [0.2, 0.25) is 0 Å². The van der Waals surface area contributed by atoms with E-state index in [2.05, 4.69) is 51.7 Å². The van der Waals surface area contributed by atoms with Gasteiger partial charge in [0, 0.05) is 0 Å². The maximum absolute atomic E-state index is 2.72. The molecule has 2 saturated heterocycles. The molecule has 2 heteroatoms. The quantitative estimate of drug-likeness (QED) is 0.596. The van der Waals surface area contributed by atoms with E-state index >= 15 is 0 Å². The molecule has 0 unspecified atom stereocenters. The number of hydrogen-bond donors (Lipinski definition) is 0. The van der Waals surface area contributed by atoms with Crippen molar-refractivity contribution in [1.82, 2.24) is 0 Å². The van der Waals surface area contributed by atoms with E-state index in [4.69, 9.17) is 0 Å². The van der Waals surface area contributed by atoms with Gasteiger partial charge in [0.05, 0.1) is 0 Å². The molecule has 23 heavy (non-hydrogen) atoms. The summed E-state index contributed by atoms with van der Waals surface area (Å²) in [4.78, 5) is 0. The summed E-state index contributed by atoms with van der Waals surface area (Å²) in [5.74, 6) is 0. The number of hydrogen-bond acceptors (Lipinski definition) is 0. The topological polar surface area (TPSA) is 0 Å². The molecule has 1 aromatic rings. The zero-order valence-electron chi connectivity index (χ0n) is 15.6. The van der Waals surface area contributed by atoms with Crippen LogP contribution in [0.1, 0.15) is 65.7 Å². The van der Waals surface area contributed by atoms with E-state index in [-0.39, 0.29) is 7.92 Å². The summed E-state index contributed by atoms with van der Waals surface area (Å²) in [5.41, 5.74) is 3.02. The molecule has 0 aliphatic carbocycles. The second-order valence-electron chi connectivity index (χ2n) is 8.04. The molecular formula is C21H36P2. The van der Waals surface area contributed by atoms with Gasteiger partial charge in [-0.05, 0) is 0 Å².